The molecule has 200 valence electrons. The summed E-state index contributed by atoms with van der Waals surface area (Å²) in [6, 6.07) is 11.5. The minimum Gasteiger partial charge on any atom is -0.496 e. The summed E-state index contributed by atoms with van der Waals surface area (Å²) in [5.74, 6) is -0.947. The van der Waals surface area contributed by atoms with E-state index in [1.807, 2.05) is 0 Å². The van der Waals surface area contributed by atoms with E-state index in [0.717, 1.165) is 17.5 Å². The van der Waals surface area contributed by atoms with Crippen molar-refractivity contribution in [3.8, 4) is 34.1 Å². The van der Waals surface area contributed by atoms with E-state index < -0.39 is 32.2 Å². The van der Waals surface area contributed by atoms with Crippen molar-refractivity contribution >= 4 is 27.6 Å². The molecule has 0 radical (unpaired) electrons. The van der Waals surface area contributed by atoms with Crippen LogP contribution in [0.25, 0.3) is 17.2 Å². The third-order valence-electron chi connectivity index (χ3n) is 5.59. The Morgan fingerprint density at radius 3 is 2.05 bits per heavy atom. The Hall–Kier alpha value is -4.58. The number of carboxylic acid groups (broad SMARTS) is 1. The zero-order chi connectivity index (χ0) is 28.0. The van der Waals surface area contributed by atoms with E-state index in [2.05, 4.69) is 0 Å². The normalized spacial score (nSPS) is 11.3. The van der Waals surface area contributed by atoms with Gasteiger partial charge in [-0.15, -0.1) is 0 Å². The van der Waals surface area contributed by atoms with Gasteiger partial charge < -0.3 is 24.1 Å². The topological polar surface area (TPSA) is 152 Å². The molecule has 3 rings (SSSR count). The van der Waals surface area contributed by atoms with Gasteiger partial charge in [0.15, 0.2) is 9.84 Å². The van der Waals surface area contributed by atoms with Gasteiger partial charge in [0.2, 0.25) is 0 Å². The van der Waals surface area contributed by atoms with E-state index in [4.69, 9.17) is 18.9 Å². The molecule has 3 aromatic carbocycles. The average molecular weight is 544 g/mol. The monoisotopic (exact) mass is 543 g/mol. The molecule has 0 saturated heterocycles. The molecular weight excluding hydrogens is 518 g/mol. The summed E-state index contributed by atoms with van der Waals surface area (Å²) >= 11 is 0. The van der Waals surface area contributed by atoms with Gasteiger partial charge in [-0.05, 0) is 18.2 Å². The van der Waals surface area contributed by atoms with Crippen molar-refractivity contribution in [2.45, 2.75) is 5.75 Å². The highest BCUT2D eigenvalue weighted by atomic mass is 32.2. The summed E-state index contributed by atoms with van der Waals surface area (Å²) in [5.41, 5.74) is -0.522. The molecule has 0 aliphatic rings. The Bertz CT molecular complexity index is 1490. The van der Waals surface area contributed by atoms with Crippen molar-refractivity contribution in [3.05, 3.63) is 80.7 Å². The standard InChI is InChI=1S/C26H25NO10S/c1-34-17-12-24(36-3)19(25(13-17)37-4)9-10-38(32,33)15-16-11-21(26(28)29)20(14-22(16)27(30)31)18-7-5-6-8-23(18)35-2/h5-14H,15H2,1-4H3,(H,28,29)/b10-9+. The maximum atomic E-state index is 13.0. The molecule has 0 fully saturated rings. The number of rotatable bonds is 11. The second-order valence-corrected chi connectivity index (χ2v) is 9.73. The highest BCUT2D eigenvalue weighted by Gasteiger charge is 2.26. The van der Waals surface area contributed by atoms with Crippen molar-refractivity contribution in [1.29, 1.82) is 0 Å². The summed E-state index contributed by atoms with van der Waals surface area (Å²) in [4.78, 5) is 23.2. The second-order valence-electron chi connectivity index (χ2n) is 7.84. The van der Waals surface area contributed by atoms with Crippen LogP contribution in [0.5, 0.6) is 23.0 Å². The summed E-state index contributed by atoms with van der Waals surface area (Å²) in [5, 5.41) is 22.6. The number of ether oxygens (including phenoxy) is 4. The number of benzene rings is 3. The Kier molecular flexibility index (Phi) is 8.58. The first-order valence-electron chi connectivity index (χ1n) is 10.9. The van der Waals surface area contributed by atoms with E-state index in [-0.39, 0.29) is 28.2 Å². The maximum Gasteiger partial charge on any atom is 0.336 e. The number of nitrogens with zero attached hydrogens (tertiary/aromatic N) is 1. The second kappa shape index (κ2) is 11.6. The van der Waals surface area contributed by atoms with Gasteiger partial charge >= 0.3 is 5.97 Å². The van der Waals surface area contributed by atoms with Crippen LogP contribution in [0, 0.1) is 10.1 Å². The number of carboxylic acids is 1. The van der Waals surface area contributed by atoms with Gasteiger partial charge in [-0.2, -0.15) is 0 Å². The van der Waals surface area contributed by atoms with Crippen LogP contribution in [0.15, 0.2) is 53.9 Å². The number of aromatic carboxylic acids is 1. The van der Waals surface area contributed by atoms with Crippen LogP contribution in [0.4, 0.5) is 5.69 Å². The highest BCUT2D eigenvalue weighted by Crippen LogP contribution is 2.38. The highest BCUT2D eigenvalue weighted by molar-refractivity contribution is 7.93. The van der Waals surface area contributed by atoms with E-state index in [0.29, 0.717) is 22.6 Å². The van der Waals surface area contributed by atoms with Gasteiger partial charge in [-0.3, -0.25) is 10.1 Å². The summed E-state index contributed by atoms with van der Waals surface area (Å²) in [7, 11) is 1.48. The Balaban J connectivity index is 2.10. The molecule has 0 aliphatic carbocycles. The zero-order valence-electron chi connectivity index (χ0n) is 21.0. The summed E-state index contributed by atoms with van der Waals surface area (Å²) in [6.07, 6.45) is 1.24. The van der Waals surface area contributed by atoms with Crippen molar-refractivity contribution in [2.75, 3.05) is 28.4 Å². The molecule has 0 atom stereocenters. The first-order chi connectivity index (χ1) is 18.0. The van der Waals surface area contributed by atoms with Crippen LogP contribution < -0.4 is 18.9 Å². The lowest BCUT2D eigenvalue weighted by Crippen LogP contribution is -2.08. The molecule has 0 spiro atoms. The molecule has 12 heteroatoms. The number of nitro groups is 1. The minimum atomic E-state index is -4.13. The van der Waals surface area contributed by atoms with Crippen LogP contribution in [-0.2, 0) is 15.6 Å². The molecule has 0 unspecified atom stereocenters. The SMILES string of the molecule is COc1cc(OC)c(/C=C/S(=O)(=O)Cc2cc(C(=O)O)c(-c3ccccc3OC)cc2[N+](=O)[O-])c(OC)c1. The Morgan fingerprint density at radius 1 is 0.921 bits per heavy atom. The predicted octanol–water partition coefficient (Wildman–Crippen LogP) is 4.58. The van der Waals surface area contributed by atoms with Gasteiger partial charge in [0, 0.05) is 40.3 Å². The van der Waals surface area contributed by atoms with Crippen LogP contribution in [0.2, 0.25) is 0 Å². The minimum absolute atomic E-state index is 0.0195. The lowest BCUT2D eigenvalue weighted by atomic mass is 9.96. The lowest BCUT2D eigenvalue weighted by Gasteiger charge is -2.13. The van der Waals surface area contributed by atoms with Crippen molar-refractivity contribution in [1.82, 2.24) is 0 Å². The van der Waals surface area contributed by atoms with Gasteiger partial charge in [-0.1, -0.05) is 18.2 Å². The predicted molar refractivity (Wildman–Crippen MR) is 140 cm³/mol. The number of hydrogen-bond acceptors (Lipinski definition) is 9. The number of nitro benzene ring substituents is 1. The fourth-order valence-electron chi connectivity index (χ4n) is 3.82. The molecule has 3 aromatic rings. The third kappa shape index (κ3) is 6.03. The molecule has 0 amide bonds. The number of sulfone groups is 1. The van der Waals surface area contributed by atoms with E-state index in [9.17, 15) is 28.4 Å². The fraction of sp³-hybridized carbons (Fsp3) is 0.192. The molecule has 0 aliphatic heterocycles. The van der Waals surface area contributed by atoms with Crippen LogP contribution in [0.3, 0.4) is 0 Å². The lowest BCUT2D eigenvalue weighted by molar-refractivity contribution is -0.385. The number of para-hydroxylation sites is 1. The quantitative estimate of drug-likeness (QED) is 0.269. The third-order valence-corrected chi connectivity index (χ3v) is 6.86. The van der Waals surface area contributed by atoms with Crippen LogP contribution >= 0.6 is 0 Å². The Morgan fingerprint density at radius 2 is 1.53 bits per heavy atom. The number of methoxy groups -OCH3 is 4. The maximum absolute atomic E-state index is 13.0. The van der Waals surface area contributed by atoms with E-state index in [1.165, 1.54) is 46.6 Å². The molecule has 0 bridgehead atoms. The summed E-state index contributed by atoms with van der Waals surface area (Å²) < 4.78 is 47.1. The average Bonchev–Trinajstić information content (AvgIpc) is 2.90. The van der Waals surface area contributed by atoms with E-state index in [1.54, 1.807) is 24.3 Å². The van der Waals surface area contributed by atoms with Gasteiger partial charge in [-0.25, -0.2) is 13.2 Å². The number of hydrogen-bond donors (Lipinski definition) is 1. The number of carbonyl (C=O) groups is 1. The summed E-state index contributed by atoms with van der Waals surface area (Å²) in [6.45, 7) is 0. The first-order valence-corrected chi connectivity index (χ1v) is 12.7. The molecule has 0 saturated carbocycles. The smallest absolute Gasteiger partial charge is 0.336 e. The molecule has 0 heterocycles. The van der Waals surface area contributed by atoms with Gasteiger partial charge in [0.1, 0.15) is 23.0 Å². The molecule has 0 aromatic heterocycles. The molecule has 38 heavy (non-hydrogen) atoms. The van der Waals surface area contributed by atoms with Gasteiger partial charge in [0.25, 0.3) is 5.69 Å². The largest absolute Gasteiger partial charge is 0.496 e. The van der Waals surface area contributed by atoms with Crippen molar-refractivity contribution < 1.29 is 42.2 Å². The van der Waals surface area contributed by atoms with Crippen LogP contribution in [0.1, 0.15) is 21.5 Å². The van der Waals surface area contributed by atoms with E-state index >= 15 is 0 Å². The van der Waals surface area contributed by atoms with Gasteiger partial charge in [0.05, 0.1) is 50.2 Å². The molecule has 11 nitrogen and oxygen atoms in total. The van der Waals surface area contributed by atoms with Crippen molar-refractivity contribution in [2.24, 2.45) is 0 Å². The zero-order valence-corrected chi connectivity index (χ0v) is 21.8. The molecule has 1 N–H and O–H groups in total. The molecular formula is C26H25NO10S. The van der Waals surface area contributed by atoms with Crippen molar-refractivity contribution in [3.63, 3.8) is 0 Å². The Labute approximate surface area is 218 Å². The first kappa shape index (κ1) is 28.0. The van der Waals surface area contributed by atoms with Crippen LogP contribution in [-0.4, -0.2) is 52.9 Å². The fourth-order valence-corrected chi connectivity index (χ4v) is 4.92.